The fraction of sp³-hybridized carbons (Fsp3) is 0.812. The molecule has 0 aromatic rings. The minimum Gasteiger partial charge on any atom is -0.470 e. The third kappa shape index (κ3) is 4.10. The van der Waals surface area contributed by atoms with E-state index in [4.69, 9.17) is 14.6 Å². The van der Waals surface area contributed by atoms with Gasteiger partial charge in [0, 0.05) is 12.3 Å². The van der Waals surface area contributed by atoms with Crippen molar-refractivity contribution in [2.24, 2.45) is 11.8 Å². The van der Waals surface area contributed by atoms with E-state index in [1.165, 1.54) is 6.26 Å². The second-order valence-corrected chi connectivity index (χ2v) is 6.60. The molecule has 0 radical (unpaired) electrons. The Bertz CT molecular complexity index is 448. The van der Waals surface area contributed by atoms with Crippen LogP contribution < -0.4 is 0 Å². The topological polar surface area (TPSA) is 116 Å². The predicted molar refractivity (Wildman–Crippen MR) is 80.1 cm³/mol. The van der Waals surface area contributed by atoms with Crippen LogP contribution in [-0.2, 0) is 14.3 Å². The van der Waals surface area contributed by atoms with Gasteiger partial charge in [-0.2, -0.15) is 0 Å². The zero-order valence-electron chi connectivity index (χ0n) is 13.5. The van der Waals surface area contributed by atoms with Gasteiger partial charge in [0.05, 0.1) is 12.9 Å². The molecule has 23 heavy (non-hydrogen) atoms. The Balaban J connectivity index is 1.99. The van der Waals surface area contributed by atoms with Crippen LogP contribution >= 0.6 is 0 Å². The Kier molecular flexibility index (Phi) is 6.16. The zero-order chi connectivity index (χ0) is 17.1. The van der Waals surface area contributed by atoms with Crippen LogP contribution in [0.2, 0.25) is 0 Å². The van der Waals surface area contributed by atoms with Gasteiger partial charge < -0.3 is 29.9 Å². The molecule has 132 valence electrons. The van der Waals surface area contributed by atoms with Crippen LogP contribution in [-0.4, -0.2) is 63.5 Å². The molecule has 0 aromatic heterocycles. The molecule has 7 nitrogen and oxygen atoms in total. The van der Waals surface area contributed by atoms with E-state index in [1.807, 2.05) is 0 Å². The van der Waals surface area contributed by atoms with Crippen molar-refractivity contribution in [3.8, 4) is 0 Å². The molecule has 0 bridgehead atoms. The standard InChI is InChI=1S/C16H26O7/c1-8-3-4-10(11(18)5-8)9(2)7-22-16-15(21)14(20)13(19)12(6-17)23-16/h7-8,10,12-17,19-21H,3-6H2,1-2H3/b9-7-/t8-,10-,12+,13+,14-,15+,16+/m0/s1. The maximum Gasteiger partial charge on any atom is 0.228 e. The first-order valence-corrected chi connectivity index (χ1v) is 8.00. The highest BCUT2D eigenvalue weighted by molar-refractivity contribution is 5.84. The quantitative estimate of drug-likeness (QED) is 0.523. The van der Waals surface area contributed by atoms with Crippen LogP contribution in [0.5, 0.6) is 0 Å². The second-order valence-electron chi connectivity index (χ2n) is 6.60. The monoisotopic (exact) mass is 330 g/mol. The lowest BCUT2D eigenvalue weighted by molar-refractivity contribution is -0.288. The van der Waals surface area contributed by atoms with E-state index in [-0.39, 0.29) is 11.7 Å². The van der Waals surface area contributed by atoms with Gasteiger partial charge in [-0.15, -0.1) is 0 Å². The number of Topliss-reactive ketones (excluding diaryl/α,β-unsaturated/α-hetero) is 1. The molecule has 1 aliphatic carbocycles. The molecule has 0 unspecified atom stereocenters. The van der Waals surface area contributed by atoms with Crippen molar-refractivity contribution >= 4 is 5.78 Å². The Hall–Kier alpha value is -0.990. The average molecular weight is 330 g/mol. The molecule has 0 amide bonds. The summed E-state index contributed by atoms with van der Waals surface area (Å²) in [6, 6.07) is 0. The SMILES string of the molecule is C/C(=C/O[C@@H]1O[C@H](CO)[C@@H](O)[C@H](O)[C@H]1O)[C@@H]1CC[C@H](C)CC1=O. The molecule has 2 rings (SSSR count). The number of ketones is 1. The Morgan fingerprint density at radius 1 is 1.26 bits per heavy atom. The van der Waals surface area contributed by atoms with Crippen LogP contribution in [0.25, 0.3) is 0 Å². The minimum atomic E-state index is -1.48. The highest BCUT2D eigenvalue weighted by Crippen LogP contribution is 2.31. The summed E-state index contributed by atoms with van der Waals surface area (Å²) in [5, 5.41) is 38.4. The van der Waals surface area contributed by atoms with Gasteiger partial charge in [-0.25, -0.2) is 0 Å². The first-order chi connectivity index (χ1) is 10.8. The van der Waals surface area contributed by atoms with E-state index in [0.717, 1.165) is 18.4 Å². The van der Waals surface area contributed by atoms with Gasteiger partial charge in [0.2, 0.25) is 6.29 Å². The van der Waals surface area contributed by atoms with Crippen LogP contribution in [0.1, 0.15) is 33.1 Å². The molecule has 1 saturated heterocycles. The van der Waals surface area contributed by atoms with E-state index in [2.05, 4.69) is 6.92 Å². The highest BCUT2D eigenvalue weighted by atomic mass is 16.7. The van der Waals surface area contributed by atoms with Gasteiger partial charge in [-0.1, -0.05) is 6.92 Å². The Morgan fingerprint density at radius 2 is 1.96 bits per heavy atom. The number of hydrogen-bond acceptors (Lipinski definition) is 7. The molecule has 0 aromatic carbocycles. The van der Waals surface area contributed by atoms with Gasteiger partial charge in [0.1, 0.15) is 30.2 Å². The summed E-state index contributed by atoms with van der Waals surface area (Å²) in [5.41, 5.74) is 0.735. The normalized spacial score (nSPS) is 42.6. The third-order valence-corrected chi connectivity index (χ3v) is 4.67. The fourth-order valence-electron chi connectivity index (χ4n) is 3.12. The summed E-state index contributed by atoms with van der Waals surface area (Å²) in [5.74, 6) is 0.379. The second kappa shape index (κ2) is 7.72. The van der Waals surface area contributed by atoms with Crippen molar-refractivity contribution in [3.63, 3.8) is 0 Å². The zero-order valence-corrected chi connectivity index (χ0v) is 13.5. The fourth-order valence-corrected chi connectivity index (χ4v) is 3.12. The summed E-state index contributed by atoms with van der Waals surface area (Å²) in [7, 11) is 0. The highest BCUT2D eigenvalue weighted by Gasteiger charge is 2.44. The number of ether oxygens (including phenoxy) is 2. The molecular weight excluding hydrogens is 304 g/mol. The lowest BCUT2D eigenvalue weighted by atomic mass is 9.79. The number of aliphatic hydroxyl groups excluding tert-OH is 4. The maximum atomic E-state index is 12.1. The maximum absolute atomic E-state index is 12.1. The number of hydrogen-bond donors (Lipinski definition) is 4. The largest absolute Gasteiger partial charge is 0.470 e. The molecule has 7 heteroatoms. The molecular formula is C16H26O7. The first kappa shape index (κ1) is 18.4. The van der Waals surface area contributed by atoms with E-state index in [9.17, 15) is 20.1 Å². The van der Waals surface area contributed by atoms with Gasteiger partial charge in [0.15, 0.2) is 0 Å². The van der Waals surface area contributed by atoms with Crippen molar-refractivity contribution in [2.45, 2.75) is 63.8 Å². The van der Waals surface area contributed by atoms with Crippen molar-refractivity contribution < 1.29 is 34.7 Å². The van der Waals surface area contributed by atoms with Gasteiger partial charge in [0.25, 0.3) is 0 Å². The average Bonchev–Trinajstić information content (AvgIpc) is 2.51. The summed E-state index contributed by atoms with van der Waals surface area (Å²) >= 11 is 0. The summed E-state index contributed by atoms with van der Waals surface area (Å²) in [4.78, 5) is 12.1. The molecule has 4 N–H and O–H groups in total. The number of allylic oxidation sites excluding steroid dienone is 1. The van der Waals surface area contributed by atoms with Crippen molar-refractivity contribution in [2.75, 3.05) is 6.61 Å². The van der Waals surface area contributed by atoms with E-state index in [0.29, 0.717) is 12.3 Å². The van der Waals surface area contributed by atoms with Gasteiger partial charge in [-0.05, 0) is 31.3 Å². The first-order valence-electron chi connectivity index (χ1n) is 8.00. The Labute approximate surface area is 135 Å². The van der Waals surface area contributed by atoms with Gasteiger partial charge >= 0.3 is 0 Å². The molecule has 1 aliphatic heterocycles. The number of carbonyl (C=O) groups excluding carboxylic acids is 1. The molecule has 1 saturated carbocycles. The van der Waals surface area contributed by atoms with Crippen molar-refractivity contribution in [1.29, 1.82) is 0 Å². The smallest absolute Gasteiger partial charge is 0.228 e. The lowest BCUT2D eigenvalue weighted by Gasteiger charge is -2.39. The predicted octanol–water partition coefficient (Wildman–Crippen LogP) is -0.288. The van der Waals surface area contributed by atoms with Crippen LogP contribution in [0.3, 0.4) is 0 Å². The van der Waals surface area contributed by atoms with E-state index >= 15 is 0 Å². The van der Waals surface area contributed by atoms with E-state index < -0.39 is 37.3 Å². The summed E-state index contributed by atoms with van der Waals surface area (Å²) < 4.78 is 10.6. The molecule has 2 aliphatic rings. The van der Waals surface area contributed by atoms with Gasteiger partial charge in [-0.3, -0.25) is 4.79 Å². The van der Waals surface area contributed by atoms with Crippen LogP contribution in [0, 0.1) is 11.8 Å². The minimum absolute atomic E-state index is 0.176. The molecule has 0 spiro atoms. The van der Waals surface area contributed by atoms with Crippen molar-refractivity contribution in [3.05, 3.63) is 11.8 Å². The molecule has 2 fully saturated rings. The number of rotatable bonds is 4. The van der Waals surface area contributed by atoms with Crippen molar-refractivity contribution in [1.82, 2.24) is 0 Å². The third-order valence-electron chi connectivity index (χ3n) is 4.67. The molecule has 1 heterocycles. The lowest BCUT2D eigenvalue weighted by Crippen LogP contribution is -2.58. The Morgan fingerprint density at radius 3 is 2.57 bits per heavy atom. The molecule has 7 atom stereocenters. The van der Waals surface area contributed by atoms with Crippen LogP contribution in [0.4, 0.5) is 0 Å². The summed E-state index contributed by atoms with van der Waals surface area (Å²) in [6.07, 6.45) is -2.90. The summed E-state index contributed by atoms with van der Waals surface area (Å²) in [6.45, 7) is 3.33. The van der Waals surface area contributed by atoms with Crippen LogP contribution in [0.15, 0.2) is 11.8 Å². The number of aliphatic hydroxyl groups is 4. The van der Waals surface area contributed by atoms with E-state index in [1.54, 1.807) is 6.92 Å². The number of carbonyl (C=O) groups is 1.